The lowest BCUT2D eigenvalue weighted by Crippen LogP contribution is -2.33. The summed E-state index contributed by atoms with van der Waals surface area (Å²) in [6.07, 6.45) is 0. The van der Waals surface area contributed by atoms with E-state index < -0.39 is 12.9 Å². The van der Waals surface area contributed by atoms with E-state index in [0.717, 1.165) is 28.3 Å². The molecule has 9 aromatic rings. The molecule has 10 rings (SSSR count). The fraction of sp³-hybridized carbons (Fsp3) is 0.0217. The second-order valence-electron chi connectivity index (χ2n) is 12.9. The molecule has 3 nitrogen and oxygen atoms in total. The monoisotopic (exact) mass is 656 g/mol. The molecule has 4 heteroatoms. The highest BCUT2D eigenvalue weighted by atomic mass is 31.1. The molecule has 1 aliphatic rings. The van der Waals surface area contributed by atoms with Crippen LogP contribution in [0.25, 0.3) is 60.5 Å². The summed E-state index contributed by atoms with van der Waals surface area (Å²) in [6, 6.07) is 65.8. The van der Waals surface area contributed by atoms with E-state index in [9.17, 15) is 0 Å². The number of hydrogen-bond donors (Lipinski definition) is 0. The molecule has 1 unspecified atom stereocenters. The Morgan fingerprint density at radius 3 is 1.66 bits per heavy atom. The van der Waals surface area contributed by atoms with Crippen molar-refractivity contribution in [2.45, 2.75) is 5.41 Å². The summed E-state index contributed by atoms with van der Waals surface area (Å²) in [5.74, 6) is 2.27. The maximum absolute atomic E-state index is 5.27. The first-order valence-corrected chi connectivity index (χ1v) is 18.4. The van der Waals surface area contributed by atoms with Gasteiger partial charge in [-0.15, -0.1) is 0 Å². The molecule has 0 fully saturated rings. The second kappa shape index (κ2) is 11.5. The molecule has 0 saturated heterocycles. The summed E-state index contributed by atoms with van der Waals surface area (Å²) < 4.78 is 0. The second-order valence-corrected chi connectivity index (χ2v) is 15.0. The van der Waals surface area contributed by atoms with Gasteiger partial charge >= 0.3 is 5.82 Å². The number of fused-ring (bicyclic) bond motifs is 5. The van der Waals surface area contributed by atoms with E-state index in [1.807, 2.05) is 24.3 Å². The van der Waals surface area contributed by atoms with Crippen LogP contribution in [0.3, 0.4) is 0 Å². The van der Waals surface area contributed by atoms with E-state index >= 15 is 0 Å². The largest absolute Gasteiger partial charge is 0.308 e. The van der Waals surface area contributed by atoms with Gasteiger partial charge < -0.3 is 0 Å². The van der Waals surface area contributed by atoms with Gasteiger partial charge in [0.25, 0.3) is 11.6 Å². The topological polar surface area (TPSA) is 39.9 Å². The van der Waals surface area contributed by atoms with Gasteiger partial charge in [-0.3, -0.25) is 0 Å². The number of nitrogens with one attached hydrogen (secondary N) is 1. The number of aromatic amines is 1. The Morgan fingerprint density at radius 1 is 0.440 bits per heavy atom. The van der Waals surface area contributed by atoms with Crippen LogP contribution < -0.4 is 4.98 Å². The Labute approximate surface area is 291 Å². The molecule has 1 atom stereocenters. The molecule has 0 saturated carbocycles. The van der Waals surface area contributed by atoms with Crippen molar-refractivity contribution in [1.82, 2.24) is 9.97 Å². The van der Waals surface area contributed by atoms with Crippen molar-refractivity contribution < 1.29 is 4.98 Å². The third-order valence-electron chi connectivity index (χ3n) is 10.2. The Balaban J connectivity index is 1.37. The number of benzene rings is 7. The van der Waals surface area contributed by atoms with Gasteiger partial charge in [0.2, 0.25) is 0 Å². The van der Waals surface area contributed by atoms with Crippen LogP contribution in [0.4, 0.5) is 0 Å². The molecule has 1 N–H and O–H groups in total. The molecule has 0 aliphatic carbocycles. The third kappa shape index (κ3) is 4.27. The molecule has 7 aromatic carbocycles. The Kier molecular flexibility index (Phi) is 6.62. The molecule has 50 heavy (non-hydrogen) atoms. The van der Waals surface area contributed by atoms with Gasteiger partial charge in [-0.25, -0.2) is 4.98 Å². The van der Waals surface area contributed by atoms with Crippen LogP contribution in [-0.2, 0) is 5.41 Å². The highest BCUT2D eigenvalue weighted by Gasteiger charge is 2.45. The van der Waals surface area contributed by atoms with Crippen molar-refractivity contribution >= 4 is 28.5 Å². The maximum atomic E-state index is 5.27. The van der Waals surface area contributed by atoms with Crippen molar-refractivity contribution in [3.63, 3.8) is 0 Å². The molecule has 0 bridgehead atoms. The van der Waals surface area contributed by atoms with E-state index in [0.29, 0.717) is 5.82 Å². The van der Waals surface area contributed by atoms with Crippen molar-refractivity contribution in [2.24, 2.45) is 0 Å². The first kappa shape index (κ1) is 28.8. The number of rotatable bonds is 5. The molecule has 1 aliphatic heterocycles. The lowest BCUT2D eigenvalue weighted by Gasteiger charge is -2.41. The van der Waals surface area contributed by atoms with Crippen LogP contribution in [0.2, 0.25) is 0 Å². The number of hydrogen-bond acceptors (Lipinski definition) is 2. The fourth-order valence-electron chi connectivity index (χ4n) is 8.06. The van der Waals surface area contributed by atoms with Gasteiger partial charge in [0.1, 0.15) is 0 Å². The molecule has 0 spiro atoms. The van der Waals surface area contributed by atoms with Crippen LogP contribution >= 0.6 is 7.53 Å². The van der Waals surface area contributed by atoms with Gasteiger partial charge in [0.15, 0.2) is 0 Å². The maximum Gasteiger partial charge on any atom is 0.308 e. The first-order valence-electron chi connectivity index (χ1n) is 17.0. The Bertz CT molecular complexity index is 2590. The predicted octanol–water partition coefficient (Wildman–Crippen LogP) is 11.3. The average Bonchev–Trinajstić information content (AvgIpc) is 3.54. The summed E-state index contributed by atoms with van der Waals surface area (Å²) in [5, 5.41) is 6.88. The smallest absolute Gasteiger partial charge is 0.240 e. The fourth-order valence-corrected chi connectivity index (χ4v) is 11.1. The number of H-pyrrole nitrogens is 1. The Hall–Kier alpha value is -6.15. The Morgan fingerprint density at radius 2 is 0.980 bits per heavy atom. The average molecular weight is 657 g/mol. The van der Waals surface area contributed by atoms with Crippen molar-refractivity contribution in [1.29, 1.82) is 0 Å². The molecule has 2 aromatic heterocycles. The molecule has 0 amide bonds. The minimum absolute atomic E-state index is 0.544. The van der Waals surface area contributed by atoms with Crippen molar-refractivity contribution in [2.75, 3.05) is 0 Å². The van der Waals surface area contributed by atoms with Crippen molar-refractivity contribution in [3.8, 4) is 39.5 Å². The van der Waals surface area contributed by atoms with Crippen LogP contribution in [0.5, 0.6) is 0 Å². The summed E-state index contributed by atoms with van der Waals surface area (Å²) in [5.41, 5.74) is 7.66. The SMILES string of the molecule is c1ccc(-c2nc(-c3ccccc3)[nH+]c(-c3cc4c5c(c3)c3ccccc3p5-c3ccccc3C4(c3ccccc3)c3ccccc3)n2)cc1. The van der Waals surface area contributed by atoms with Crippen molar-refractivity contribution in [3.05, 3.63) is 204 Å². The summed E-state index contributed by atoms with van der Waals surface area (Å²) in [6.45, 7) is 0. The van der Waals surface area contributed by atoms with Gasteiger partial charge in [-0.1, -0.05) is 163 Å². The van der Waals surface area contributed by atoms with E-state index in [2.05, 4.69) is 163 Å². The quantitative estimate of drug-likeness (QED) is 0.185. The van der Waals surface area contributed by atoms with Crippen LogP contribution in [0.15, 0.2) is 182 Å². The normalized spacial score (nSPS) is 13.3. The summed E-state index contributed by atoms with van der Waals surface area (Å²) >= 11 is 0. The predicted molar refractivity (Wildman–Crippen MR) is 206 cm³/mol. The van der Waals surface area contributed by atoms with Crippen LogP contribution in [0.1, 0.15) is 22.3 Å². The van der Waals surface area contributed by atoms with Gasteiger partial charge in [-0.05, 0) is 69.4 Å². The molecular formula is C46H31N3P+. The van der Waals surface area contributed by atoms with Crippen LogP contribution in [-0.4, -0.2) is 9.97 Å². The van der Waals surface area contributed by atoms with Gasteiger partial charge in [0, 0.05) is 15.5 Å². The van der Waals surface area contributed by atoms with E-state index in [1.165, 1.54) is 48.6 Å². The van der Waals surface area contributed by atoms with Gasteiger partial charge in [-0.2, -0.15) is 0 Å². The zero-order chi connectivity index (χ0) is 33.1. The molecule has 3 heterocycles. The standard InChI is InChI=1S/C46H30N3P/c1-5-17-31(18-6-1)43-47-44(32-19-7-2-8-20-32)49-45(48-43)33-29-37-36-25-13-15-27-40(36)50-41-28-16-14-26-38(41)46(39(30-33)42(37)50,34-21-9-3-10-22-34)35-23-11-4-12-24-35/h1-30H/p+1. The zero-order valence-electron chi connectivity index (χ0n) is 27.2. The molecule has 0 radical (unpaired) electrons. The highest BCUT2D eigenvalue weighted by Crippen LogP contribution is 2.66. The summed E-state index contributed by atoms with van der Waals surface area (Å²) in [7, 11) is -0.773. The lowest BCUT2D eigenvalue weighted by molar-refractivity contribution is -0.359. The van der Waals surface area contributed by atoms with E-state index in [1.54, 1.807) is 0 Å². The molecule has 234 valence electrons. The van der Waals surface area contributed by atoms with Crippen LogP contribution in [0, 0.1) is 0 Å². The van der Waals surface area contributed by atoms with E-state index in [-0.39, 0.29) is 0 Å². The third-order valence-corrected chi connectivity index (χ3v) is 12.8. The number of aromatic nitrogens is 3. The number of nitrogens with zero attached hydrogens (tertiary/aromatic N) is 2. The minimum Gasteiger partial charge on any atom is -0.240 e. The molecular weight excluding hydrogens is 626 g/mol. The first-order chi connectivity index (χ1) is 24.8. The minimum atomic E-state index is -0.773. The lowest BCUT2D eigenvalue weighted by atomic mass is 9.64. The summed E-state index contributed by atoms with van der Waals surface area (Å²) in [4.78, 5) is 14.0. The highest BCUT2D eigenvalue weighted by molar-refractivity contribution is 7.68. The zero-order valence-corrected chi connectivity index (χ0v) is 28.1. The van der Waals surface area contributed by atoms with E-state index in [4.69, 9.17) is 9.97 Å². The van der Waals surface area contributed by atoms with Gasteiger partial charge in [0.05, 0.1) is 22.1 Å².